The van der Waals surface area contributed by atoms with E-state index in [0.29, 0.717) is 5.75 Å². The Morgan fingerprint density at radius 1 is 0.702 bits per heavy atom. The van der Waals surface area contributed by atoms with Crippen molar-refractivity contribution in [3.8, 4) is 39.5 Å². The van der Waals surface area contributed by atoms with Crippen LogP contribution in [-0.2, 0) is 16.2 Å². The van der Waals surface area contributed by atoms with Gasteiger partial charge < -0.3 is 9.67 Å². The molecule has 0 aliphatic carbocycles. The van der Waals surface area contributed by atoms with Crippen molar-refractivity contribution in [2.75, 3.05) is 0 Å². The van der Waals surface area contributed by atoms with Crippen molar-refractivity contribution in [2.45, 2.75) is 118 Å². The fourth-order valence-electron chi connectivity index (χ4n) is 6.24. The van der Waals surface area contributed by atoms with E-state index in [1.807, 2.05) is 0 Å². The van der Waals surface area contributed by atoms with Crippen molar-refractivity contribution in [1.82, 2.24) is 14.5 Å². The molecule has 0 aliphatic rings. The summed E-state index contributed by atoms with van der Waals surface area (Å²) in [5, 5.41) is 13.2. The molecule has 4 nitrogen and oxygen atoms in total. The highest BCUT2D eigenvalue weighted by Crippen LogP contribution is 2.44. The van der Waals surface area contributed by atoms with E-state index in [4.69, 9.17) is 9.97 Å². The molecule has 0 bridgehead atoms. The highest BCUT2D eigenvalue weighted by Gasteiger charge is 2.29. The normalized spacial score (nSPS) is 13.2. The van der Waals surface area contributed by atoms with E-state index >= 15 is 0 Å². The van der Waals surface area contributed by atoms with Gasteiger partial charge in [-0.3, -0.25) is 4.98 Å². The maximum absolute atomic E-state index is 11.9. The lowest BCUT2D eigenvalue weighted by Crippen LogP contribution is -2.37. The molecule has 5 aromatic rings. The third-order valence-electron chi connectivity index (χ3n) is 9.30. The number of aromatic nitrogens is 3. The SMILES string of the molecule is CC(C)n1c(-c2cc(C(C)(C)C)cc(C(C)(C)C)c2O)nc2c(-c3cc(-c4ccc([Si](C)(C)C)cn4)cc(C(C)(C)C)c3)cccc21. The number of para-hydroxylation sites is 1. The summed E-state index contributed by atoms with van der Waals surface area (Å²) in [7, 11) is -1.46. The molecule has 0 spiro atoms. The van der Waals surface area contributed by atoms with E-state index in [9.17, 15) is 5.11 Å². The fourth-order valence-corrected chi connectivity index (χ4v) is 7.28. The van der Waals surface area contributed by atoms with Crippen LogP contribution in [0.5, 0.6) is 5.75 Å². The van der Waals surface area contributed by atoms with Gasteiger partial charge in [-0.25, -0.2) is 4.98 Å². The standard InChI is InChI=1S/C42H55N3OSi/c1-26(2)45-36-17-15-16-32(37(36)44-39(45)33-23-30(41(6,7)8)24-34(38(33)46)42(9,10)11)27-20-28(22-29(21-27)40(3,4)5)35-19-18-31(25-43-35)47(12,13)14/h15-26,46H,1-14H3. The van der Waals surface area contributed by atoms with Crippen molar-refractivity contribution >= 4 is 24.3 Å². The Morgan fingerprint density at radius 3 is 1.85 bits per heavy atom. The second-order valence-electron chi connectivity index (χ2n) is 17.7. The first kappa shape index (κ1) is 34.6. The number of phenols is 1. The summed E-state index contributed by atoms with van der Waals surface area (Å²) in [6.07, 6.45) is 2.08. The largest absolute Gasteiger partial charge is 0.507 e. The number of pyridine rings is 1. The molecule has 0 radical (unpaired) electrons. The number of fused-ring (bicyclic) bond motifs is 1. The quantitative estimate of drug-likeness (QED) is 0.194. The monoisotopic (exact) mass is 645 g/mol. The minimum absolute atomic E-state index is 0.0537. The molecule has 0 atom stereocenters. The number of rotatable bonds is 5. The van der Waals surface area contributed by atoms with Gasteiger partial charge in [0.2, 0.25) is 0 Å². The molecule has 2 aromatic heterocycles. The topological polar surface area (TPSA) is 50.9 Å². The second-order valence-corrected chi connectivity index (χ2v) is 22.8. The van der Waals surface area contributed by atoms with E-state index in [0.717, 1.165) is 50.4 Å². The molecule has 5 rings (SSSR count). The number of benzene rings is 3. The summed E-state index contributed by atoms with van der Waals surface area (Å²) in [6, 6.07) is 22.3. The predicted molar refractivity (Wildman–Crippen MR) is 205 cm³/mol. The van der Waals surface area contributed by atoms with Crippen LogP contribution < -0.4 is 5.19 Å². The van der Waals surface area contributed by atoms with Crippen LogP contribution in [0.4, 0.5) is 0 Å². The summed E-state index contributed by atoms with van der Waals surface area (Å²) < 4.78 is 2.29. The van der Waals surface area contributed by atoms with Crippen LogP contribution in [0.3, 0.4) is 0 Å². The van der Waals surface area contributed by atoms with Crippen molar-refractivity contribution in [2.24, 2.45) is 0 Å². The average Bonchev–Trinajstić information content (AvgIpc) is 3.35. The molecule has 1 N–H and O–H groups in total. The Morgan fingerprint density at radius 2 is 1.32 bits per heavy atom. The van der Waals surface area contributed by atoms with Crippen molar-refractivity contribution in [3.63, 3.8) is 0 Å². The Balaban J connectivity index is 1.80. The lowest BCUT2D eigenvalue weighted by molar-refractivity contribution is 0.445. The van der Waals surface area contributed by atoms with Gasteiger partial charge in [0.15, 0.2) is 0 Å². The van der Waals surface area contributed by atoms with Crippen LogP contribution in [-0.4, -0.2) is 27.7 Å². The van der Waals surface area contributed by atoms with Gasteiger partial charge in [-0.1, -0.05) is 112 Å². The Kier molecular flexibility index (Phi) is 8.67. The third kappa shape index (κ3) is 6.83. The second kappa shape index (κ2) is 11.8. The van der Waals surface area contributed by atoms with E-state index in [1.165, 1.54) is 16.3 Å². The zero-order valence-corrected chi connectivity index (χ0v) is 32.2. The Hall–Kier alpha value is -3.70. The Labute approximate surface area is 284 Å². The molecule has 0 fully saturated rings. The Bertz CT molecular complexity index is 1940. The summed E-state index contributed by atoms with van der Waals surface area (Å²) in [4.78, 5) is 10.4. The molecule has 248 valence electrons. The van der Waals surface area contributed by atoms with Crippen LogP contribution in [0, 0.1) is 0 Å². The van der Waals surface area contributed by atoms with Crippen molar-refractivity contribution < 1.29 is 5.11 Å². The van der Waals surface area contributed by atoms with Crippen LogP contribution in [0.2, 0.25) is 19.6 Å². The molecule has 2 heterocycles. The smallest absolute Gasteiger partial charge is 0.145 e. The van der Waals surface area contributed by atoms with E-state index < -0.39 is 8.07 Å². The van der Waals surface area contributed by atoms with E-state index in [2.05, 4.69) is 167 Å². The lowest BCUT2D eigenvalue weighted by atomic mass is 9.79. The molecular formula is C42H55N3OSi. The maximum atomic E-state index is 11.9. The minimum atomic E-state index is -1.46. The number of hydrogen-bond donors (Lipinski definition) is 1. The minimum Gasteiger partial charge on any atom is -0.507 e. The molecule has 5 heteroatoms. The molecule has 47 heavy (non-hydrogen) atoms. The summed E-state index contributed by atoms with van der Waals surface area (Å²) in [5.74, 6) is 1.11. The van der Waals surface area contributed by atoms with E-state index in [1.54, 1.807) is 0 Å². The van der Waals surface area contributed by atoms with Gasteiger partial charge in [0.25, 0.3) is 0 Å². The van der Waals surface area contributed by atoms with Crippen LogP contribution in [0.15, 0.2) is 66.9 Å². The molecule has 0 amide bonds. The van der Waals surface area contributed by atoms with E-state index in [-0.39, 0.29) is 22.3 Å². The van der Waals surface area contributed by atoms with Gasteiger partial charge in [-0.15, -0.1) is 0 Å². The molecule has 3 aromatic carbocycles. The van der Waals surface area contributed by atoms with Crippen LogP contribution in [0.25, 0.3) is 44.8 Å². The van der Waals surface area contributed by atoms with Crippen LogP contribution >= 0.6 is 0 Å². The number of phenolic OH excluding ortho intramolecular Hbond substituents is 1. The molecule has 0 aliphatic heterocycles. The molecule has 0 unspecified atom stereocenters. The number of aromatic hydroxyl groups is 1. The first-order valence-electron chi connectivity index (χ1n) is 17.1. The summed E-state index contributed by atoms with van der Waals surface area (Å²) in [6.45, 7) is 31.4. The highest BCUT2D eigenvalue weighted by atomic mass is 28.3. The lowest BCUT2D eigenvalue weighted by Gasteiger charge is -2.27. The number of nitrogens with zero attached hydrogens (tertiary/aromatic N) is 3. The first-order valence-corrected chi connectivity index (χ1v) is 20.6. The van der Waals surface area contributed by atoms with Crippen molar-refractivity contribution in [3.05, 3.63) is 83.6 Å². The zero-order valence-electron chi connectivity index (χ0n) is 31.2. The van der Waals surface area contributed by atoms with Gasteiger partial charge in [-0.2, -0.15) is 0 Å². The van der Waals surface area contributed by atoms with Gasteiger partial charge >= 0.3 is 0 Å². The summed E-state index contributed by atoms with van der Waals surface area (Å²) in [5.41, 5.74) is 10.1. The number of imidazole rings is 1. The predicted octanol–water partition coefficient (Wildman–Crippen LogP) is 11.2. The van der Waals surface area contributed by atoms with Gasteiger partial charge in [-0.05, 0) is 82.3 Å². The average molecular weight is 646 g/mol. The molecule has 0 saturated heterocycles. The van der Waals surface area contributed by atoms with Crippen molar-refractivity contribution in [1.29, 1.82) is 0 Å². The van der Waals surface area contributed by atoms with Gasteiger partial charge in [0.05, 0.1) is 30.4 Å². The molecular weight excluding hydrogens is 591 g/mol. The first-order chi connectivity index (χ1) is 21.6. The summed E-state index contributed by atoms with van der Waals surface area (Å²) >= 11 is 0. The number of hydrogen-bond acceptors (Lipinski definition) is 3. The van der Waals surface area contributed by atoms with Crippen LogP contribution in [0.1, 0.15) is 98.9 Å². The maximum Gasteiger partial charge on any atom is 0.145 e. The highest BCUT2D eigenvalue weighted by molar-refractivity contribution is 6.88. The molecule has 0 saturated carbocycles. The van der Waals surface area contributed by atoms with Gasteiger partial charge in [0, 0.05) is 28.9 Å². The zero-order chi connectivity index (χ0) is 34.9. The fraction of sp³-hybridized carbons (Fsp3) is 0.429. The third-order valence-corrected chi connectivity index (χ3v) is 11.3. The van der Waals surface area contributed by atoms with Gasteiger partial charge in [0.1, 0.15) is 11.6 Å².